The Bertz CT molecular complexity index is 1500. The van der Waals surface area contributed by atoms with Gasteiger partial charge in [-0.25, -0.2) is 4.98 Å². The first-order valence-corrected chi connectivity index (χ1v) is 12.7. The lowest BCUT2D eigenvalue weighted by molar-refractivity contribution is -0.384. The van der Waals surface area contributed by atoms with Crippen LogP contribution in [-0.2, 0) is 27.5 Å². The average Bonchev–Trinajstić information content (AvgIpc) is 3.39. The summed E-state index contributed by atoms with van der Waals surface area (Å²) in [5, 5.41) is 26.1. The van der Waals surface area contributed by atoms with E-state index < -0.39 is 11.2 Å². The summed E-state index contributed by atoms with van der Waals surface area (Å²) in [5.74, 6) is 0.423. The highest BCUT2D eigenvalue weighted by Crippen LogP contribution is 2.31. The van der Waals surface area contributed by atoms with E-state index in [1.807, 2.05) is 0 Å². The number of methoxy groups -OCH3 is 1. The number of aromatic nitrogens is 1. The van der Waals surface area contributed by atoms with Gasteiger partial charge < -0.3 is 18.9 Å². The van der Waals surface area contributed by atoms with E-state index in [2.05, 4.69) is 32.1 Å². The topological polar surface area (TPSA) is 149 Å². The number of nitrogens with zero attached hydrogens (tertiary/aromatic N) is 5. The Labute approximate surface area is 238 Å². The van der Waals surface area contributed by atoms with Crippen LogP contribution in [0.4, 0.5) is 5.69 Å². The van der Waals surface area contributed by atoms with E-state index >= 15 is 0 Å². The molecule has 0 fully saturated rings. The molecule has 40 heavy (non-hydrogen) atoms. The minimum absolute atomic E-state index is 0.000940. The molecule has 0 unspecified atom stereocenters. The summed E-state index contributed by atoms with van der Waals surface area (Å²) >= 11 is 3.45. The van der Waals surface area contributed by atoms with Gasteiger partial charge >= 0.3 is 0 Å². The predicted molar refractivity (Wildman–Crippen MR) is 145 cm³/mol. The van der Waals surface area contributed by atoms with Crippen molar-refractivity contribution in [3.8, 4) is 17.7 Å². The molecule has 1 aromatic heterocycles. The molecule has 1 aliphatic heterocycles. The lowest BCUT2D eigenvalue weighted by atomic mass is 10.1. The smallest absolute Gasteiger partial charge is 0.269 e. The minimum Gasteiger partial charge on any atom is -0.489 e. The third kappa shape index (κ3) is 6.36. The third-order valence-electron chi connectivity index (χ3n) is 5.81. The van der Waals surface area contributed by atoms with Gasteiger partial charge in [-0.1, -0.05) is 6.07 Å². The number of nitriles is 1. The molecule has 13 heteroatoms. The van der Waals surface area contributed by atoms with Gasteiger partial charge in [0.1, 0.15) is 30.6 Å². The number of hydrazone groups is 1. The normalized spacial score (nSPS) is 14.2. The van der Waals surface area contributed by atoms with E-state index in [1.54, 1.807) is 43.3 Å². The van der Waals surface area contributed by atoms with Gasteiger partial charge in [-0.05, 0) is 58.7 Å². The van der Waals surface area contributed by atoms with Gasteiger partial charge in [-0.3, -0.25) is 14.9 Å². The molecule has 206 valence electrons. The van der Waals surface area contributed by atoms with Gasteiger partial charge in [0.15, 0.2) is 0 Å². The number of halogens is 1. The number of pyridine rings is 1. The van der Waals surface area contributed by atoms with E-state index in [0.717, 1.165) is 10.6 Å². The van der Waals surface area contributed by atoms with Crippen molar-refractivity contribution in [3.63, 3.8) is 0 Å². The van der Waals surface area contributed by atoms with Crippen LogP contribution in [0, 0.1) is 28.4 Å². The predicted octanol–water partition coefficient (Wildman–Crippen LogP) is 4.60. The van der Waals surface area contributed by atoms with E-state index in [1.165, 1.54) is 26.2 Å². The van der Waals surface area contributed by atoms with Crippen LogP contribution in [0.5, 0.6) is 11.6 Å². The summed E-state index contributed by atoms with van der Waals surface area (Å²) in [7, 11) is 1.52. The summed E-state index contributed by atoms with van der Waals surface area (Å²) in [6.07, 6.45) is -0.902. The second-order valence-electron chi connectivity index (χ2n) is 8.61. The van der Waals surface area contributed by atoms with Gasteiger partial charge in [-0.2, -0.15) is 10.3 Å². The molecule has 12 nitrogen and oxygen atoms in total. The van der Waals surface area contributed by atoms with E-state index in [-0.39, 0.29) is 48.8 Å². The third-order valence-corrected chi connectivity index (χ3v) is 6.86. The Morgan fingerprint density at radius 2 is 1.98 bits per heavy atom. The number of carbonyl (C=O) groups is 1. The monoisotopic (exact) mass is 609 g/mol. The second-order valence-corrected chi connectivity index (χ2v) is 9.40. The standard InChI is InChI=1S/C27H24BrN5O7/c1-16-25(28)23(14-37-3)22(12-29)27(30-16)39-15-24-32(17(2)34)31-26(40-24)19-5-4-6-21(11-19)38-13-18-7-9-20(10-8-18)33(35)36/h4-11,24H,13-15H2,1-3H3/t24-/m1/s1. The zero-order valence-corrected chi connectivity index (χ0v) is 23.4. The summed E-state index contributed by atoms with van der Waals surface area (Å²) < 4.78 is 23.5. The number of ether oxygens (including phenoxy) is 4. The highest BCUT2D eigenvalue weighted by atomic mass is 79.9. The lowest BCUT2D eigenvalue weighted by Gasteiger charge is -2.20. The number of aryl methyl sites for hydroxylation is 1. The summed E-state index contributed by atoms with van der Waals surface area (Å²) in [4.78, 5) is 27.1. The van der Waals surface area contributed by atoms with Crippen molar-refractivity contribution in [3.05, 3.63) is 91.1 Å². The van der Waals surface area contributed by atoms with Crippen molar-refractivity contribution in [2.75, 3.05) is 13.7 Å². The fourth-order valence-corrected chi connectivity index (χ4v) is 4.23. The molecular weight excluding hydrogens is 586 g/mol. The molecular formula is C27H24BrN5O7. The minimum atomic E-state index is -0.902. The highest BCUT2D eigenvalue weighted by molar-refractivity contribution is 9.10. The molecule has 0 bridgehead atoms. The van der Waals surface area contributed by atoms with Crippen LogP contribution >= 0.6 is 15.9 Å². The van der Waals surface area contributed by atoms with Crippen molar-refractivity contribution in [1.82, 2.24) is 9.99 Å². The molecule has 1 atom stereocenters. The number of rotatable bonds is 10. The van der Waals surface area contributed by atoms with Crippen LogP contribution in [0.3, 0.4) is 0 Å². The van der Waals surface area contributed by atoms with Crippen LogP contribution < -0.4 is 9.47 Å². The quantitative estimate of drug-likeness (QED) is 0.237. The molecule has 3 aromatic rings. The second kappa shape index (κ2) is 12.5. The van der Waals surface area contributed by atoms with Crippen molar-refractivity contribution in [2.45, 2.75) is 33.3 Å². The van der Waals surface area contributed by atoms with Gasteiger partial charge in [0, 0.05) is 41.8 Å². The molecule has 0 aliphatic carbocycles. The van der Waals surface area contributed by atoms with Crippen LogP contribution in [0.15, 0.2) is 58.1 Å². The number of hydrogen-bond donors (Lipinski definition) is 0. The molecule has 0 radical (unpaired) electrons. The van der Waals surface area contributed by atoms with Crippen LogP contribution in [0.1, 0.15) is 34.9 Å². The maximum Gasteiger partial charge on any atom is 0.269 e. The number of non-ortho nitro benzene ring substituents is 1. The first kappa shape index (κ1) is 28.5. The van der Waals surface area contributed by atoms with Crippen molar-refractivity contribution in [2.24, 2.45) is 5.10 Å². The van der Waals surface area contributed by atoms with Crippen LogP contribution in [0.25, 0.3) is 0 Å². The van der Waals surface area contributed by atoms with Crippen molar-refractivity contribution >= 4 is 33.4 Å². The Morgan fingerprint density at radius 1 is 1.23 bits per heavy atom. The van der Waals surface area contributed by atoms with Gasteiger partial charge in [0.05, 0.1) is 17.2 Å². The average molecular weight is 610 g/mol. The lowest BCUT2D eigenvalue weighted by Crippen LogP contribution is -2.37. The van der Waals surface area contributed by atoms with E-state index in [4.69, 9.17) is 18.9 Å². The van der Waals surface area contributed by atoms with Gasteiger partial charge in [0.2, 0.25) is 23.9 Å². The maximum absolute atomic E-state index is 12.3. The Morgan fingerprint density at radius 3 is 2.62 bits per heavy atom. The molecule has 2 heterocycles. The molecule has 0 spiro atoms. The molecule has 0 saturated heterocycles. The maximum atomic E-state index is 12.3. The summed E-state index contributed by atoms with van der Waals surface area (Å²) in [5.41, 5.74) is 2.75. The van der Waals surface area contributed by atoms with Crippen LogP contribution in [0.2, 0.25) is 0 Å². The number of nitro groups is 1. The first-order chi connectivity index (χ1) is 19.2. The van der Waals surface area contributed by atoms with E-state index in [9.17, 15) is 20.2 Å². The molecule has 0 saturated carbocycles. The molecule has 2 aromatic carbocycles. The summed E-state index contributed by atoms with van der Waals surface area (Å²) in [6, 6.07) is 15.1. The van der Waals surface area contributed by atoms with Crippen molar-refractivity contribution in [1.29, 1.82) is 5.26 Å². The summed E-state index contributed by atoms with van der Waals surface area (Å²) in [6.45, 7) is 3.35. The molecule has 0 N–H and O–H groups in total. The fourth-order valence-electron chi connectivity index (χ4n) is 3.83. The number of nitro benzene ring substituents is 1. The number of amides is 1. The fraction of sp³-hybridized carbons (Fsp3) is 0.259. The highest BCUT2D eigenvalue weighted by Gasteiger charge is 2.33. The number of hydrogen-bond acceptors (Lipinski definition) is 10. The molecule has 1 amide bonds. The zero-order valence-electron chi connectivity index (χ0n) is 21.8. The number of carbonyl (C=O) groups excluding carboxylic acids is 1. The van der Waals surface area contributed by atoms with E-state index in [0.29, 0.717) is 27.0 Å². The largest absolute Gasteiger partial charge is 0.489 e. The zero-order chi connectivity index (χ0) is 28.8. The molecule has 1 aliphatic rings. The Balaban J connectivity index is 1.47. The van der Waals surface area contributed by atoms with Gasteiger partial charge in [-0.15, -0.1) is 5.10 Å². The Hall–Kier alpha value is -4.54. The first-order valence-electron chi connectivity index (χ1n) is 11.9. The Kier molecular flexibility index (Phi) is 8.93. The van der Waals surface area contributed by atoms with Crippen molar-refractivity contribution < 1.29 is 28.7 Å². The molecule has 4 rings (SSSR count). The van der Waals surface area contributed by atoms with Gasteiger partial charge in [0.25, 0.3) is 5.69 Å². The number of benzene rings is 2. The van der Waals surface area contributed by atoms with Crippen LogP contribution in [-0.4, -0.2) is 46.7 Å². The SMILES string of the molecule is COCc1c(Br)c(C)nc(OC[C@H]2OC(c3cccc(OCc4ccc([N+](=O)[O-])cc4)c3)=NN2C(C)=O)c1C#N.